The highest BCUT2D eigenvalue weighted by molar-refractivity contribution is 6.30. The van der Waals surface area contributed by atoms with Crippen LogP contribution in [-0.4, -0.2) is 48.7 Å². The van der Waals surface area contributed by atoms with Crippen LogP contribution in [0.1, 0.15) is 43.1 Å². The summed E-state index contributed by atoms with van der Waals surface area (Å²) in [4.78, 5) is 32.6. The zero-order valence-corrected chi connectivity index (χ0v) is 23.2. The van der Waals surface area contributed by atoms with Gasteiger partial charge in [0.25, 0.3) is 0 Å². The van der Waals surface area contributed by atoms with Gasteiger partial charge in [-0.3, -0.25) is 15.1 Å². The summed E-state index contributed by atoms with van der Waals surface area (Å²) < 4.78 is 10.7. The third-order valence-electron chi connectivity index (χ3n) is 6.28. The molecular formula is C28H31ClN8O4. The Morgan fingerprint density at radius 2 is 2.12 bits per heavy atom. The summed E-state index contributed by atoms with van der Waals surface area (Å²) in [6, 6.07) is 10.1. The molecule has 1 aliphatic heterocycles. The molecule has 41 heavy (non-hydrogen) atoms. The summed E-state index contributed by atoms with van der Waals surface area (Å²) in [6.07, 6.45) is 8.73. The van der Waals surface area contributed by atoms with E-state index in [1.54, 1.807) is 42.6 Å². The van der Waals surface area contributed by atoms with Crippen LogP contribution < -0.4 is 26.2 Å². The minimum absolute atomic E-state index is 0.307. The van der Waals surface area contributed by atoms with Crippen LogP contribution in [0.4, 0.5) is 16.2 Å². The first kappa shape index (κ1) is 29.3. The van der Waals surface area contributed by atoms with E-state index in [-0.39, 0.29) is 11.9 Å². The molecule has 214 valence electrons. The van der Waals surface area contributed by atoms with Crippen molar-refractivity contribution in [1.82, 2.24) is 15.3 Å². The van der Waals surface area contributed by atoms with Gasteiger partial charge in [-0.15, -0.1) is 5.10 Å². The predicted molar refractivity (Wildman–Crippen MR) is 160 cm³/mol. The molecule has 5 N–H and O–H groups in total. The van der Waals surface area contributed by atoms with E-state index in [0.29, 0.717) is 46.6 Å². The first-order valence-corrected chi connectivity index (χ1v) is 13.2. The molecule has 2 aromatic carbocycles. The number of aromatic amines is 1. The van der Waals surface area contributed by atoms with Crippen molar-refractivity contribution in [3.05, 3.63) is 65.1 Å². The number of nitrogens with zero attached hydrogens (tertiary/aromatic N) is 4. The van der Waals surface area contributed by atoms with Gasteiger partial charge < -0.3 is 19.8 Å². The molecule has 0 saturated heterocycles. The highest BCUT2D eigenvalue weighted by atomic mass is 35.5. The number of methoxy groups -OCH3 is 1. The number of nitrogens with one attached hydrogen (secondary N) is 3. The van der Waals surface area contributed by atoms with Crippen LogP contribution in [0.5, 0.6) is 5.75 Å². The lowest BCUT2D eigenvalue weighted by atomic mass is 10.1. The van der Waals surface area contributed by atoms with Crippen LogP contribution in [0, 0.1) is 0 Å². The summed E-state index contributed by atoms with van der Waals surface area (Å²) in [6.45, 7) is 3.80. The number of fused-ring (bicyclic) bond motifs is 4. The van der Waals surface area contributed by atoms with Crippen molar-refractivity contribution in [2.75, 3.05) is 24.0 Å². The maximum Gasteiger partial charge on any atom is 0.411 e. The second-order valence-corrected chi connectivity index (χ2v) is 9.52. The largest absolute Gasteiger partial charge is 0.493 e. The number of aromatic nitrogens is 2. The van der Waals surface area contributed by atoms with Gasteiger partial charge in [0.2, 0.25) is 5.91 Å². The lowest BCUT2D eigenvalue weighted by Crippen LogP contribution is -2.29. The van der Waals surface area contributed by atoms with E-state index in [4.69, 9.17) is 22.2 Å². The van der Waals surface area contributed by atoms with Gasteiger partial charge in [0.1, 0.15) is 17.9 Å². The number of hydrazine groups is 1. The number of hydrogen-bond acceptors (Lipinski definition) is 8. The molecule has 12 nitrogen and oxygen atoms in total. The molecule has 2 bridgehead atoms. The second-order valence-electron chi connectivity index (χ2n) is 9.08. The van der Waals surface area contributed by atoms with E-state index >= 15 is 0 Å². The average molecular weight is 579 g/mol. The van der Waals surface area contributed by atoms with Crippen molar-refractivity contribution < 1.29 is 19.1 Å². The third kappa shape index (κ3) is 7.93. The summed E-state index contributed by atoms with van der Waals surface area (Å²) in [5.41, 5.74) is 3.22. The lowest BCUT2D eigenvalue weighted by Gasteiger charge is -2.18. The molecular weight excluding hydrogens is 548 g/mol. The molecule has 1 atom stereocenters. The standard InChI is InChI=1S/C28H31ClN8O4/c1-31-33-17-37(30)24-11-8-19(29)14-18(24)7-12-26(38)35-22-6-4-3-5-13-41-25-15-20(34-28(39)40-2)9-10-21(25)23-16-32-27(22)36-23/h7-12,14-17,22H,1,3-6,13,30H2,2H3,(H,32,36)(H,34,39)(H,35,38)/b12-7+,33-17-/t22-/m0/s1. The Bertz CT molecular complexity index is 1450. The monoisotopic (exact) mass is 578 g/mol. The summed E-state index contributed by atoms with van der Waals surface area (Å²) in [7, 11) is 1.30. The lowest BCUT2D eigenvalue weighted by molar-refractivity contribution is -0.117. The quantitative estimate of drug-likeness (QED) is 0.100. The Labute approximate surface area is 242 Å². The van der Waals surface area contributed by atoms with Gasteiger partial charge in [0.05, 0.1) is 37.3 Å². The minimum Gasteiger partial charge on any atom is -0.493 e. The Balaban J connectivity index is 1.55. The first-order chi connectivity index (χ1) is 19.9. The fraction of sp³-hybridized carbons (Fsp3) is 0.250. The highest BCUT2D eigenvalue weighted by Crippen LogP contribution is 2.33. The fourth-order valence-electron chi connectivity index (χ4n) is 4.28. The number of imidazole rings is 1. The van der Waals surface area contributed by atoms with E-state index in [2.05, 4.69) is 42.3 Å². The number of rotatable bonds is 7. The van der Waals surface area contributed by atoms with E-state index in [0.717, 1.165) is 30.5 Å². The van der Waals surface area contributed by atoms with Gasteiger partial charge in [0.15, 0.2) is 0 Å². The SMILES string of the molecule is C=N/N=C\N(N)c1ccc(Cl)cc1/C=C/C(=O)N[C@H]1CCCCCOc2cc(NC(=O)OC)ccc2-c2cnc1[nH]2. The predicted octanol–water partition coefficient (Wildman–Crippen LogP) is 5.06. The molecule has 3 aromatic rings. The zero-order valence-electron chi connectivity index (χ0n) is 22.5. The number of ether oxygens (including phenoxy) is 2. The topological polar surface area (TPSA) is 159 Å². The molecule has 13 heteroatoms. The number of anilines is 2. The molecule has 0 spiro atoms. The Morgan fingerprint density at radius 1 is 1.27 bits per heavy atom. The maximum atomic E-state index is 13.0. The molecule has 0 fully saturated rings. The summed E-state index contributed by atoms with van der Waals surface area (Å²) in [5, 5.41) is 14.6. The van der Waals surface area contributed by atoms with E-state index < -0.39 is 6.09 Å². The number of carbonyl (C=O) groups excluding carboxylic acids is 2. The minimum atomic E-state index is -0.569. The van der Waals surface area contributed by atoms with Gasteiger partial charge in [-0.05, 0) is 55.7 Å². The molecule has 4 rings (SSSR count). The smallest absolute Gasteiger partial charge is 0.411 e. The van der Waals surface area contributed by atoms with Crippen molar-refractivity contribution in [2.45, 2.75) is 31.7 Å². The second kappa shape index (κ2) is 14.1. The third-order valence-corrected chi connectivity index (χ3v) is 6.52. The van der Waals surface area contributed by atoms with Gasteiger partial charge in [-0.2, -0.15) is 5.10 Å². The van der Waals surface area contributed by atoms with E-state index in [1.165, 1.54) is 24.5 Å². The highest BCUT2D eigenvalue weighted by Gasteiger charge is 2.20. The maximum absolute atomic E-state index is 13.0. The number of amides is 2. The van der Waals surface area contributed by atoms with Crippen molar-refractivity contribution >= 4 is 54.1 Å². The van der Waals surface area contributed by atoms with Crippen LogP contribution >= 0.6 is 11.6 Å². The molecule has 0 aliphatic carbocycles. The Kier molecular flexibility index (Phi) is 10.1. The number of nitrogens with two attached hydrogens (primary N) is 1. The van der Waals surface area contributed by atoms with Crippen LogP contribution in [-0.2, 0) is 9.53 Å². The van der Waals surface area contributed by atoms with Gasteiger partial charge in [-0.1, -0.05) is 18.0 Å². The van der Waals surface area contributed by atoms with Gasteiger partial charge in [0, 0.05) is 40.7 Å². The Hall–Kier alpha value is -4.68. The Morgan fingerprint density at radius 3 is 2.93 bits per heavy atom. The van der Waals surface area contributed by atoms with Crippen molar-refractivity contribution in [3.8, 4) is 17.0 Å². The molecule has 0 saturated carbocycles. The van der Waals surface area contributed by atoms with Crippen LogP contribution in [0.15, 0.2) is 58.9 Å². The number of hydrogen-bond donors (Lipinski definition) is 4. The molecule has 2 heterocycles. The summed E-state index contributed by atoms with van der Waals surface area (Å²) in [5.74, 6) is 6.95. The molecule has 0 radical (unpaired) electrons. The number of H-pyrrole nitrogens is 1. The fourth-order valence-corrected chi connectivity index (χ4v) is 4.46. The summed E-state index contributed by atoms with van der Waals surface area (Å²) >= 11 is 6.18. The van der Waals surface area contributed by atoms with Crippen LogP contribution in [0.3, 0.4) is 0 Å². The van der Waals surface area contributed by atoms with Crippen molar-refractivity contribution in [3.63, 3.8) is 0 Å². The van der Waals surface area contributed by atoms with E-state index in [9.17, 15) is 9.59 Å². The zero-order chi connectivity index (χ0) is 29.2. The van der Waals surface area contributed by atoms with Crippen molar-refractivity contribution in [1.29, 1.82) is 0 Å². The molecule has 0 unspecified atom stereocenters. The molecule has 1 aliphatic rings. The first-order valence-electron chi connectivity index (χ1n) is 12.9. The average Bonchev–Trinajstić information content (AvgIpc) is 3.45. The normalized spacial score (nSPS) is 15.2. The number of carbonyl (C=O) groups is 2. The van der Waals surface area contributed by atoms with Crippen LogP contribution in [0.2, 0.25) is 5.02 Å². The van der Waals surface area contributed by atoms with Gasteiger partial charge in [-0.25, -0.2) is 15.6 Å². The number of halogens is 1. The van der Waals surface area contributed by atoms with E-state index in [1.807, 2.05) is 6.07 Å². The van der Waals surface area contributed by atoms with Crippen molar-refractivity contribution in [2.24, 2.45) is 16.0 Å². The number of benzene rings is 2. The van der Waals surface area contributed by atoms with Gasteiger partial charge >= 0.3 is 6.09 Å². The molecule has 1 aromatic heterocycles. The molecule has 2 amide bonds. The van der Waals surface area contributed by atoms with Crippen LogP contribution in [0.25, 0.3) is 17.3 Å².